The van der Waals surface area contributed by atoms with Crippen LogP contribution in [0, 0.1) is 10.1 Å². The third-order valence-electron chi connectivity index (χ3n) is 4.64. The van der Waals surface area contributed by atoms with Crippen molar-refractivity contribution in [1.82, 2.24) is 20.3 Å². The van der Waals surface area contributed by atoms with Crippen LogP contribution in [0.15, 0.2) is 24.5 Å². The van der Waals surface area contributed by atoms with Gasteiger partial charge in [-0.25, -0.2) is 9.97 Å². The van der Waals surface area contributed by atoms with Crippen molar-refractivity contribution in [1.29, 1.82) is 0 Å². The summed E-state index contributed by atoms with van der Waals surface area (Å²) >= 11 is 11.8. The number of anilines is 2. The van der Waals surface area contributed by atoms with E-state index in [0.717, 1.165) is 19.6 Å². The lowest BCUT2D eigenvalue weighted by molar-refractivity contribution is -0.383. The van der Waals surface area contributed by atoms with Crippen molar-refractivity contribution >= 4 is 46.4 Å². The molecule has 0 unspecified atom stereocenters. The number of carbonyl (C=O) groups is 1. The number of piperidine rings is 1. The Morgan fingerprint density at radius 3 is 2.60 bits per heavy atom. The van der Waals surface area contributed by atoms with E-state index in [9.17, 15) is 14.9 Å². The Balaban J connectivity index is 1.66. The second kappa shape index (κ2) is 10.4. The SMILES string of the molecule is O=C(NNc1ncnc(NCCN2CCCCC2)c1[N+](=O)[O-])c1ccc(Cl)cc1Cl. The first-order valence-corrected chi connectivity index (χ1v) is 10.2. The van der Waals surface area contributed by atoms with Gasteiger partial charge in [-0.1, -0.05) is 29.6 Å². The highest BCUT2D eigenvalue weighted by atomic mass is 35.5. The molecule has 1 aromatic heterocycles. The van der Waals surface area contributed by atoms with Gasteiger partial charge in [0.05, 0.1) is 15.5 Å². The molecule has 0 radical (unpaired) electrons. The summed E-state index contributed by atoms with van der Waals surface area (Å²) in [5.74, 6) is -0.661. The van der Waals surface area contributed by atoms with Crippen molar-refractivity contribution in [2.45, 2.75) is 19.3 Å². The number of halogens is 2. The fourth-order valence-corrected chi connectivity index (χ4v) is 3.64. The van der Waals surface area contributed by atoms with Crippen LogP contribution in [0.25, 0.3) is 0 Å². The van der Waals surface area contributed by atoms with Gasteiger partial charge in [-0.05, 0) is 44.1 Å². The van der Waals surface area contributed by atoms with E-state index in [1.54, 1.807) is 0 Å². The molecule has 0 atom stereocenters. The van der Waals surface area contributed by atoms with Crippen LogP contribution in [-0.2, 0) is 0 Å². The molecule has 0 saturated carbocycles. The Bertz CT molecular complexity index is 923. The van der Waals surface area contributed by atoms with Gasteiger partial charge in [0.2, 0.25) is 11.6 Å². The Morgan fingerprint density at radius 1 is 1.17 bits per heavy atom. The number of aromatic nitrogens is 2. The summed E-state index contributed by atoms with van der Waals surface area (Å²) in [6, 6.07) is 4.39. The molecule has 2 aromatic rings. The number of nitro groups is 1. The van der Waals surface area contributed by atoms with Crippen LogP contribution in [0.4, 0.5) is 17.3 Å². The van der Waals surface area contributed by atoms with E-state index in [2.05, 4.69) is 31.0 Å². The maximum Gasteiger partial charge on any atom is 0.354 e. The number of carbonyl (C=O) groups excluding carboxylic acids is 1. The molecule has 3 N–H and O–H groups in total. The monoisotopic (exact) mass is 453 g/mol. The largest absolute Gasteiger partial charge is 0.363 e. The standard InChI is InChI=1S/C18H21Cl2N7O3/c19-12-4-5-13(14(20)10-12)18(28)25-24-17-15(27(29)30)16(22-11-23-17)21-6-9-26-7-2-1-3-8-26/h4-5,10-11H,1-3,6-9H2,(H,25,28)(H2,21,22,23,24). The highest BCUT2D eigenvalue weighted by Crippen LogP contribution is 2.28. The fraction of sp³-hybridized carbons (Fsp3) is 0.389. The highest BCUT2D eigenvalue weighted by Gasteiger charge is 2.24. The maximum absolute atomic E-state index is 12.3. The summed E-state index contributed by atoms with van der Waals surface area (Å²) < 4.78 is 0. The van der Waals surface area contributed by atoms with Gasteiger partial charge in [0, 0.05) is 18.1 Å². The first-order valence-electron chi connectivity index (χ1n) is 9.42. The topological polar surface area (TPSA) is 125 Å². The third kappa shape index (κ3) is 5.68. The minimum absolute atomic E-state index is 0.0771. The molecule has 1 amide bonds. The van der Waals surface area contributed by atoms with Gasteiger partial charge < -0.3 is 10.2 Å². The number of amides is 1. The molecule has 10 nitrogen and oxygen atoms in total. The van der Waals surface area contributed by atoms with Crippen molar-refractivity contribution in [3.63, 3.8) is 0 Å². The summed E-state index contributed by atoms with van der Waals surface area (Å²) in [6.07, 6.45) is 4.75. The van der Waals surface area contributed by atoms with Crippen molar-refractivity contribution in [2.24, 2.45) is 0 Å². The number of nitrogens with one attached hydrogen (secondary N) is 3. The quantitative estimate of drug-likeness (QED) is 0.410. The lowest BCUT2D eigenvalue weighted by Crippen LogP contribution is -2.34. The Kier molecular flexibility index (Phi) is 7.61. The lowest BCUT2D eigenvalue weighted by Gasteiger charge is -2.26. The Hall–Kier alpha value is -2.69. The van der Waals surface area contributed by atoms with E-state index in [4.69, 9.17) is 23.2 Å². The van der Waals surface area contributed by atoms with Gasteiger partial charge in [0.15, 0.2) is 0 Å². The summed E-state index contributed by atoms with van der Waals surface area (Å²) in [7, 11) is 0. The van der Waals surface area contributed by atoms with Crippen LogP contribution in [-0.4, -0.2) is 51.9 Å². The number of hydrogen-bond donors (Lipinski definition) is 3. The first kappa shape index (κ1) is 22.0. The number of rotatable bonds is 8. The molecule has 2 heterocycles. The molecule has 0 spiro atoms. The minimum Gasteiger partial charge on any atom is -0.363 e. The predicted octanol–water partition coefficient (Wildman–Crippen LogP) is 3.35. The molecule has 0 bridgehead atoms. The first-order chi connectivity index (χ1) is 14.5. The van der Waals surface area contributed by atoms with E-state index in [-0.39, 0.29) is 27.9 Å². The van der Waals surface area contributed by atoms with E-state index in [0.29, 0.717) is 11.6 Å². The van der Waals surface area contributed by atoms with E-state index in [1.165, 1.54) is 43.8 Å². The predicted molar refractivity (Wildman–Crippen MR) is 115 cm³/mol. The second-order valence-electron chi connectivity index (χ2n) is 6.71. The molecule has 1 aliphatic heterocycles. The Morgan fingerprint density at radius 2 is 1.90 bits per heavy atom. The zero-order chi connectivity index (χ0) is 21.5. The van der Waals surface area contributed by atoms with Gasteiger partial charge >= 0.3 is 5.69 Å². The molecule has 3 rings (SSSR count). The molecule has 160 valence electrons. The van der Waals surface area contributed by atoms with Crippen molar-refractivity contribution in [3.8, 4) is 0 Å². The molecule has 30 heavy (non-hydrogen) atoms. The highest BCUT2D eigenvalue weighted by molar-refractivity contribution is 6.36. The third-order valence-corrected chi connectivity index (χ3v) is 5.19. The van der Waals surface area contributed by atoms with Gasteiger partial charge in [-0.2, -0.15) is 0 Å². The lowest BCUT2D eigenvalue weighted by atomic mass is 10.1. The van der Waals surface area contributed by atoms with Crippen LogP contribution >= 0.6 is 23.2 Å². The average molecular weight is 454 g/mol. The van der Waals surface area contributed by atoms with Crippen molar-refractivity contribution in [3.05, 3.63) is 50.2 Å². The number of hydrogen-bond acceptors (Lipinski definition) is 8. The smallest absolute Gasteiger partial charge is 0.354 e. The van der Waals surface area contributed by atoms with Crippen LogP contribution in [0.5, 0.6) is 0 Å². The second-order valence-corrected chi connectivity index (χ2v) is 7.55. The molecule has 1 aromatic carbocycles. The normalized spacial score (nSPS) is 14.2. The van der Waals surface area contributed by atoms with Crippen LogP contribution < -0.4 is 16.2 Å². The van der Waals surface area contributed by atoms with Gasteiger partial charge in [-0.15, -0.1) is 0 Å². The summed E-state index contributed by atoms with van der Waals surface area (Å²) in [5.41, 5.74) is 4.63. The van der Waals surface area contributed by atoms with E-state index >= 15 is 0 Å². The maximum atomic E-state index is 12.3. The van der Waals surface area contributed by atoms with E-state index in [1.807, 2.05) is 0 Å². The van der Waals surface area contributed by atoms with Gasteiger partial charge in [0.25, 0.3) is 5.91 Å². The number of hydrazine groups is 1. The number of benzene rings is 1. The van der Waals surface area contributed by atoms with Crippen LogP contribution in [0.3, 0.4) is 0 Å². The molecular formula is C18H21Cl2N7O3. The summed E-state index contributed by atoms with van der Waals surface area (Å²) in [4.78, 5) is 33.5. The minimum atomic E-state index is -0.604. The zero-order valence-electron chi connectivity index (χ0n) is 16.0. The number of likely N-dealkylation sites (tertiary alicyclic amines) is 1. The van der Waals surface area contributed by atoms with Gasteiger partial charge in [-0.3, -0.25) is 25.8 Å². The van der Waals surface area contributed by atoms with E-state index < -0.39 is 10.8 Å². The molecular weight excluding hydrogens is 433 g/mol. The summed E-state index contributed by atoms with van der Waals surface area (Å²) in [5, 5.41) is 15.1. The molecule has 1 saturated heterocycles. The molecule has 12 heteroatoms. The molecule has 1 aliphatic rings. The zero-order valence-corrected chi connectivity index (χ0v) is 17.5. The van der Waals surface area contributed by atoms with Crippen LogP contribution in [0.2, 0.25) is 10.0 Å². The molecule has 1 fully saturated rings. The molecule has 0 aliphatic carbocycles. The van der Waals surface area contributed by atoms with Crippen molar-refractivity contribution < 1.29 is 9.72 Å². The van der Waals surface area contributed by atoms with Crippen LogP contribution in [0.1, 0.15) is 29.6 Å². The summed E-state index contributed by atoms with van der Waals surface area (Å²) in [6.45, 7) is 3.32. The fourth-order valence-electron chi connectivity index (χ4n) is 3.14. The Labute approximate surface area is 183 Å². The number of nitrogens with zero attached hydrogens (tertiary/aromatic N) is 4. The van der Waals surface area contributed by atoms with Crippen molar-refractivity contribution in [2.75, 3.05) is 36.9 Å². The average Bonchev–Trinajstić information content (AvgIpc) is 2.72. The van der Waals surface area contributed by atoms with Gasteiger partial charge in [0.1, 0.15) is 6.33 Å².